The zero-order valence-electron chi connectivity index (χ0n) is 11.5. The van der Waals surface area contributed by atoms with E-state index in [1.165, 1.54) is 7.11 Å². The Balaban J connectivity index is 1.88. The van der Waals surface area contributed by atoms with E-state index in [9.17, 15) is 4.79 Å². The lowest BCUT2D eigenvalue weighted by molar-refractivity contribution is 0.0600. The van der Waals surface area contributed by atoms with Gasteiger partial charge in [0, 0.05) is 38.9 Å². The topological polar surface area (TPSA) is 58.9 Å². The Morgan fingerprint density at radius 3 is 2.95 bits per heavy atom. The maximum atomic E-state index is 11.6. The lowest BCUT2D eigenvalue weighted by Gasteiger charge is -2.26. The van der Waals surface area contributed by atoms with E-state index < -0.39 is 0 Å². The maximum absolute atomic E-state index is 11.6. The van der Waals surface area contributed by atoms with Crippen molar-refractivity contribution < 1.29 is 9.53 Å². The Morgan fingerprint density at radius 1 is 1.40 bits per heavy atom. The molecule has 0 unspecified atom stereocenters. The molecule has 6 nitrogen and oxygen atoms in total. The van der Waals surface area contributed by atoms with Crippen molar-refractivity contribution in [3.05, 3.63) is 35.8 Å². The number of hydrogen-bond donors (Lipinski definition) is 1. The van der Waals surface area contributed by atoms with E-state index in [1.807, 2.05) is 16.7 Å². The van der Waals surface area contributed by atoms with Crippen LogP contribution in [0.4, 0.5) is 0 Å². The van der Waals surface area contributed by atoms with Crippen LogP contribution in [-0.2, 0) is 11.3 Å². The highest BCUT2D eigenvalue weighted by atomic mass is 16.5. The van der Waals surface area contributed by atoms with Gasteiger partial charge in [-0.2, -0.15) is 0 Å². The van der Waals surface area contributed by atoms with Crippen molar-refractivity contribution in [2.24, 2.45) is 0 Å². The second-order valence-corrected chi connectivity index (χ2v) is 4.91. The molecule has 0 spiro atoms. The Kier molecular flexibility index (Phi) is 3.66. The van der Waals surface area contributed by atoms with Gasteiger partial charge in [0.2, 0.25) is 0 Å². The van der Waals surface area contributed by atoms with Crippen LogP contribution in [0.5, 0.6) is 0 Å². The number of carbonyl (C=O) groups excluding carboxylic acids is 1. The average Bonchev–Trinajstić information content (AvgIpc) is 2.90. The van der Waals surface area contributed by atoms with Gasteiger partial charge in [0.1, 0.15) is 5.65 Å². The van der Waals surface area contributed by atoms with E-state index in [0.29, 0.717) is 5.56 Å². The van der Waals surface area contributed by atoms with Crippen LogP contribution in [-0.4, -0.2) is 53.5 Å². The minimum absolute atomic E-state index is 0.325. The molecule has 0 atom stereocenters. The first-order chi connectivity index (χ1) is 9.78. The largest absolute Gasteiger partial charge is 0.465 e. The van der Waals surface area contributed by atoms with Crippen LogP contribution in [0.3, 0.4) is 0 Å². The van der Waals surface area contributed by atoms with Gasteiger partial charge in [-0.1, -0.05) is 0 Å². The molecule has 1 saturated heterocycles. The van der Waals surface area contributed by atoms with Crippen LogP contribution in [0.2, 0.25) is 0 Å². The van der Waals surface area contributed by atoms with Crippen LogP contribution in [0.1, 0.15) is 16.1 Å². The quantitative estimate of drug-likeness (QED) is 0.827. The Bertz CT molecular complexity index is 617. The molecule has 0 aromatic carbocycles. The Morgan fingerprint density at radius 2 is 2.20 bits per heavy atom. The van der Waals surface area contributed by atoms with E-state index >= 15 is 0 Å². The van der Waals surface area contributed by atoms with E-state index in [2.05, 4.69) is 15.2 Å². The average molecular weight is 274 g/mol. The number of piperazine rings is 1. The Hall–Kier alpha value is -1.92. The highest BCUT2D eigenvalue weighted by Gasteiger charge is 2.14. The zero-order chi connectivity index (χ0) is 13.9. The lowest BCUT2D eigenvalue weighted by atomic mass is 10.3. The number of imidazole rings is 1. The van der Waals surface area contributed by atoms with Crippen molar-refractivity contribution in [3.8, 4) is 0 Å². The summed E-state index contributed by atoms with van der Waals surface area (Å²) < 4.78 is 6.73. The van der Waals surface area contributed by atoms with Gasteiger partial charge in [0.25, 0.3) is 0 Å². The molecule has 0 amide bonds. The summed E-state index contributed by atoms with van der Waals surface area (Å²) in [5, 5.41) is 3.34. The standard InChI is InChI=1S/C14H18N4O2/c1-20-14(19)11-2-3-13-16-8-12(18(13)9-11)10-17-6-4-15-5-7-17/h2-3,8-9,15H,4-7,10H2,1H3. The summed E-state index contributed by atoms with van der Waals surface area (Å²) in [4.78, 5) is 18.4. The van der Waals surface area contributed by atoms with Crippen LogP contribution in [0, 0.1) is 0 Å². The van der Waals surface area contributed by atoms with Crippen molar-refractivity contribution in [1.82, 2.24) is 19.6 Å². The van der Waals surface area contributed by atoms with Crippen molar-refractivity contribution in [3.63, 3.8) is 0 Å². The fourth-order valence-corrected chi connectivity index (χ4v) is 2.48. The SMILES string of the molecule is COC(=O)c1ccc2ncc(CN3CCNCC3)n2c1. The number of ether oxygens (including phenoxy) is 1. The molecular formula is C14H18N4O2. The molecule has 106 valence electrons. The van der Waals surface area contributed by atoms with Gasteiger partial charge in [-0.3, -0.25) is 4.90 Å². The number of aromatic nitrogens is 2. The fourth-order valence-electron chi connectivity index (χ4n) is 2.48. The number of esters is 1. The first-order valence-corrected chi connectivity index (χ1v) is 6.75. The minimum Gasteiger partial charge on any atom is -0.465 e. The van der Waals surface area contributed by atoms with Crippen LogP contribution >= 0.6 is 0 Å². The predicted molar refractivity (Wildman–Crippen MR) is 74.7 cm³/mol. The third-order valence-electron chi connectivity index (χ3n) is 3.60. The summed E-state index contributed by atoms with van der Waals surface area (Å²) in [5.41, 5.74) is 2.48. The number of rotatable bonds is 3. The summed E-state index contributed by atoms with van der Waals surface area (Å²) in [6.45, 7) is 4.94. The molecule has 3 heterocycles. The molecule has 0 saturated carbocycles. The molecule has 6 heteroatoms. The lowest BCUT2D eigenvalue weighted by Crippen LogP contribution is -2.43. The predicted octanol–water partition coefficient (Wildman–Crippen LogP) is 0.526. The maximum Gasteiger partial charge on any atom is 0.339 e. The second-order valence-electron chi connectivity index (χ2n) is 4.91. The fraction of sp³-hybridized carbons (Fsp3) is 0.429. The van der Waals surface area contributed by atoms with Gasteiger partial charge in [-0.25, -0.2) is 9.78 Å². The first kappa shape index (κ1) is 13.1. The molecule has 0 bridgehead atoms. The first-order valence-electron chi connectivity index (χ1n) is 6.75. The molecule has 20 heavy (non-hydrogen) atoms. The van der Waals surface area contributed by atoms with Gasteiger partial charge in [0.15, 0.2) is 0 Å². The minimum atomic E-state index is -0.325. The molecule has 1 fully saturated rings. The van der Waals surface area contributed by atoms with Gasteiger partial charge in [0.05, 0.1) is 24.6 Å². The summed E-state index contributed by atoms with van der Waals surface area (Å²) in [6.07, 6.45) is 3.67. The molecule has 2 aromatic heterocycles. The van der Waals surface area contributed by atoms with Crippen molar-refractivity contribution >= 4 is 11.6 Å². The molecular weight excluding hydrogens is 256 g/mol. The van der Waals surface area contributed by atoms with E-state index in [-0.39, 0.29) is 5.97 Å². The van der Waals surface area contributed by atoms with E-state index in [4.69, 9.17) is 4.74 Å². The second kappa shape index (κ2) is 5.60. The molecule has 1 N–H and O–H groups in total. The molecule has 2 aromatic rings. The van der Waals surface area contributed by atoms with Crippen molar-refractivity contribution in [1.29, 1.82) is 0 Å². The number of methoxy groups -OCH3 is 1. The highest BCUT2D eigenvalue weighted by Crippen LogP contribution is 2.12. The summed E-state index contributed by atoms with van der Waals surface area (Å²) in [7, 11) is 1.39. The Labute approximate surface area is 117 Å². The van der Waals surface area contributed by atoms with Crippen molar-refractivity contribution in [2.75, 3.05) is 33.3 Å². The third kappa shape index (κ3) is 2.52. The van der Waals surface area contributed by atoms with E-state index in [0.717, 1.165) is 44.1 Å². The number of hydrogen-bond acceptors (Lipinski definition) is 5. The van der Waals surface area contributed by atoms with Gasteiger partial charge in [-0.15, -0.1) is 0 Å². The molecule has 0 aliphatic carbocycles. The molecule has 0 radical (unpaired) electrons. The van der Waals surface area contributed by atoms with Crippen LogP contribution < -0.4 is 5.32 Å². The molecule has 1 aliphatic rings. The third-order valence-corrected chi connectivity index (χ3v) is 3.60. The monoisotopic (exact) mass is 274 g/mol. The normalized spacial score (nSPS) is 16.4. The number of carbonyl (C=O) groups is 1. The molecule has 3 rings (SSSR count). The highest BCUT2D eigenvalue weighted by molar-refractivity contribution is 5.89. The van der Waals surface area contributed by atoms with Crippen molar-refractivity contribution in [2.45, 2.75) is 6.54 Å². The summed E-state index contributed by atoms with van der Waals surface area (Å²) in [6, 6.07) is 3.58. The van der Waals surface area contributed by atoms with E-state index in [1.54, 1.807) is 12.3 Å². The smallest absolute Gasteiger partial charge is 0.339 e. The van der Waals surface area contributed by atoms with Gasteiger partial charge < -0.3 is 14.5 Å². The number of fused-ring (bicyclic) bond motifs is 1. The van der Waals surface area contributed by atoms with Crippen LogP contribution in [0.25, 0.3) is 5.65 Å². The van der Waals surface area contributed by atoms with Gasteiger partial charge in [-0.05, 0) is 12.1 Å². The number of nitrogens with one attached hydrogen (secondary N) is 1. The summed E-state index contributed by atoms with van der Waals surface area (Å²) in [5.74, 6) is -0.325. The summed E-state index contributed by atoms with van der Waals surface area (Å²) >= 11 is 0. The van der Waals surface area contributed by atoms with Gasteiger partial charge >= 0.3 is 5.97 Å². The zero-order valence-corrected chi connectivity index (χ0v) is 11.5. The molecule has 1 aliphatic heterocycles. The number of pyridine rings is 1. The number of nitrogens with zero attached hydrogens (tertiary/aromatic N) is 3. The van der Waals surface area contributed by atoms with Crippen LogP contribution in [0.15, 0.2) is 24.5 Å².